The summed E-state index contributed by atoms with van der Waals surface area (Å²) in [6, 6.07) is 9.88. The van der Waals surface area contributed by atoms with Crippen molar-refractivity contribution in [3.63, 3.8) is 0 Å². The quantitative estimate of drug-likeness (QED) is 0.860. The third kappa shape index (κ3) is 2.46. The topological polar surface area (TPSA) is 24.9 Å². The highest BCUT2D eigenvalue weighted by atomic mass is 35.5. The second-order valence-electron chi connectivity index (χ2n) is 3.42. The minimum Gasteiger partial charge on any atom is -0.311 e. The molecule has 2 nitrogen and oxygen atoms in total. The monoisotopic (exact) mass is 220 g/mol. The van der Waals surface area contributed by atoms with Crippen LogP contribution in [-0.2, 0) is 6.54 Å². The standard InChI is InChI=1S/C12H13ClN2/c1-2-14-8-11-6-4-9-3-5-10(13)7-12(9)15-11/h3-7,14H,2,8H2,1H3. The number of aromatic nitrogens is 1. The number of hydrogen-bond acceptors (Lipinski definition) is 2. The molecule has 1 aromatic heterocycles. The highest BCUT2D eigenvalue weighted by molar-refractivity contribution is 6.31. The summed E-state index contributed by atoms with van der Waals surface area (Å²) in [5, 5.41) is 5.11. The molecule has 3 heteroatoms. The van der Waals surface area contributed by atoms with Crippen molar-refractivity contribution in [3.8, 4) is 0 Å². The minimum atomic E-state index is 0.732. The van der Waals surface area contributed by atoms with Gasteiger partial charge < -0.3 is 5.32 Å². The summed E-state index contributed by atoms with van der Waals surface area (Å²) in [5.74, 6) is 0. The van der Waals surface area contributed by atoms with Gasteiger partial charge in [0.1, 0.15) is 0 Å². The Morgan fingerprint density at radius 2 is 2.07 bits per heavy atom. The second-order valence-corrected chi connectivity index (χ2v) is 3.86. The molecule has 2 rings (SSSR count). The Morgan fingerprint density at radius 1 is 1.27 bits per heavy atom. The average Bonchev–Trinajstić information content (AvgIpc) is 2.25. The van der Waals surface area contributed by atoms with Crippen LogP contribution in [-0.4, -0.2) is 11.5 Å². The largest absolute Gasteiger partial charge is 0.311 e. The molecule has 0 saturated heterocycles. The molecule has 78 valence electrons. The normalized spacial score (nSPS) is 10.8. The highest BCUT2D eigenvalue weighted by Gasteiger charge is 1.98. The molecule has 0 atom stereocenters. The van der Waals surface area contributed by atoms with Crippen molar-refractivity contribution >= 4 is 22.5 Å². The average molecular weight is 221 g/mol. The van der Waals surface area contributed by atoms with Gasteiger partial charge in [0.25, 0.3) is 0 Å². The van der Waals surface area contributed by atoms with E-state index in [1.54, 1.807) is 0 Å². The molecular weight excluding hydrogens is 208 g/mol. The number of nitrogens with one attached hydrogen (secondary N) is 1. The summed E-state index contributed by atoms with van der Waals surface area (Å²) in [5.41, 5.74) is 2.00. The molecule has 0 amide bonds. The van der Waals surface area contributed by atoms with E-state index in [0.717, 1.165) is 34.7 Å². The smallest absolute Gasteiger partial charge is 0.0720 e. The van der Waals surface area contributed by atoms with Gasteiger partial charge >= 0.3 is 0 Å². The van der Waals surface area contributed by atoms with E-state index < -0.39 is 0 Å². The lowest BCUT2D eigenvalue weighted by Gasteiger charge is -2.03. The van der Waals surface area contributed by atoms with Crippen molar-refractivity contribution in [1.82, 2.24) is 10.3 Å². The van der Waals surface area contributed by atoms with Crippen molar-refractivity contribution in [1.29, 1.82) is 0 Å². The van der Waals surface area contributed by atoms with E-state index in [-0.39, 0.29) is 0 Å². The van der Waals surface area contributed by atoms with E-state index in [2.05, 4.69) is 23.3 Å². The number of pyridine rings is 1. The van der Waals surface area contributed by atoms with Crippen LogP contribution < -0.4 is 5.32 Å². The van der Waals surface area contributed by atoms with E-state index in [1.165, 1.54) is 0 Å². The fraction of sp³-hybridized carbons (Fsp3) is 0.250. The summed E-state index contributed by atoms with van der Waals surface area (Å²) < 4.78 is 0. The van der Waals surface area contributed by atoms with Crippen LogP contribution in [0.3, 0.4) is 0 Å². The van der Waals surface area contributed by atoms with E-state index in [4.69, 9.17) is 11.6 Å². The maximum Gasteiger partial charge on any atom is 0.0720 e. The molecule has 0 radical (unpaired) electrons. The molecular formula is C12H13ClN2. The van der Waals surface area contributed by atoms with Crippen molar-refractivity contribution in [3.05, 3.63) is 41.0 Å². The van der Waals surface area contributed by atoms with E-state index in [0.29, 0.717) is 0 Å². The first kappa shape index (κ1) is 10.4. The van der Waals surface area contributed by atoms with Crippen LogP contribution in [0.2, 0.25) is 5.02 Å². The number of fused-ring (bicyclic) bond motifs is 1. The van der Waals surface area contributed by atoms with Crippen molar-refractivity contribution in [2.45, 2.75) is 13.5 Å². The molecule has 1 heterocycles. The zero-order chi connectivity index (χ0) is 10.7. The SMILES string of the molecule is CCNCc1ccc2ccc(Cl)cc2n1. The molecule has 0 bridgehead atoms. The number of hydrogen-bond donors (Lipinski definition) is 1. The van der Waals surface area contributed by atoms with Gasteiger partial charge in [-0.1, -0.05) is 30.7 Å². The molecule has 15 heavy (non-hydrogen) atoms. The van der Waals surface area contributed by atoms with Crippen LogP contribution >= 0.6 is 11.6 Å². The molecule has 0 aliphatic heterocycles. The molecule has 1 aromatic carbocycles. The minimum absolute atomic E-state index is 0.732. The van der Waals surface area contributed by atoms with Crippen LogP contribution in [0.25, 0.3) is 10.9 Å². The molecule has 0 aliphatic rings. The maximum absolute atomic E-state index is 5.92. The van der Waals surface area contributed by atoms with E-state index in [9.17, 15) is 0 Å². The Labute approximate surface area is 94.3 Å². The fourth-order valence-corrected chi connectivity index (χ4v) is 1.65. The third-order valence-corrected chi connectivity index (χ3v) is 2.50. The van der Waals surface area contributed by atoms with Gasteiger partial charge in [0.2, 0.25) is 0 Å². The Bertz CT molecular complexity index is 468. The Morgan fingerprint density at radius 3 is 2.87 bits per heavy atom. The molecule has 2 aromatic rings. The van der Waals surface area contributed by atoms with Crippen molar-refractivity contribution < 1.29 is 0 Å². The predicted molar refractivity (Wildman–Crippen MR) is 64.1 cm³/mol. The molecule has 0 spiro atoms. The van der Waals surface area contributed by atoms with Crippen LogP contribution in [0.15, 0.2) is 30.3 Å². The van der Waals surface area contributed by atoms with Gasteiger partial charge in [-0.05, 0) is 24.7 Å². The molecule has 1 N–H and O–H groups in total. The number of nitrogens with zero attached hydrogens (tertiary/aromatic N) is 1. The van der Waals surface area contributed by atoms with Gasteiger partial charge in [0.15, 0.2) is 0 Å². The maximum atomic E-state index is 5.92. The Hall–Kier alpha value is -1.12. The summed E-state index contributed by atoms with van der Waals surface area (Å²) in [6.45, 7) is 3.84. The van der Waals surface area contributed by atoms with E-state index >= 15 is 0 Å². The lowest BCUT2D eigenvalue weighted by atomic mass is 10.2. The summed E-state index contributed by atoms with van der Waals surface area (Å²) in [7, 11) is 0. The van der Waals surface area contributed by atoms with Crippen LogP contribution in [0.4, 0.5) is 0 Å². The first-order chi connectivity index (χ1) is 7.29. The van der Waals surface area contributed by atoms with Gasteiger partial charge in [0.05, 0.1) is 11.2 Å². The van der Waals surface area contributed by atoms with Gasteiger partial charge in [-0.2, -0.15) is 0 Å². The Kier molecular flexibility index (Phi) is 3.19. The van der Waals surface area contributed by atoms with Gasteiger partial charge in [0, 0.05) is 17.0 Å². The van der Waals surface area contributed by atoms with Crippen LogP contribution in [0.5, 0.6) is 0 Å². The fourth-order valence-electron chi connectivity index (χ4n) is 1.48. The van der Waals surface area contributed by atoms with Crippen LogP contribution in [0.1, 0.15) is 12.6 Å². The van der Waals surface area contributed by atoms with Gasteiger partial charge in [-0.3, -0.25) is 4.98 Å². The first-order valence-corrected chi connectivity index (χ1v) is 5.43. The van der Waals surface area contributed by atoms with Gasteiger partial charge in [-0.25, -0.2) is 0 Å². The molecule has 0 fully saturated rings. The highest BCUT2D eigenvalue weighted by Crippen LogP contribution is 2.17. The number of benzene rings is 1. The molecule has 0 saturated carbocycles. The number of rotatable bonds is 3. The van der Waals surface area contributed by atoms with Crippen molar-refractivity contribution in [2.24, 2.45) is 0 Å². The zero-order valence-electron chi connectivity index (χ0n) is 8.63. The Balaban J connectivity index is 2.36. The lowest BCUT2D eigenvalue weighted by molar-refractivity contribution is 0.713. The van der Waals surface area contributed by atoms with Crippen molar-refractivity contribution in [2.75, 3.05) is 6.54 Å². The van der Waals surface area contributed by atoms with Crippen LogP contribution in [0, 0.1) is 0 Å². The number of halogens is 1. The third-order valence-electron chi connectivity index (χ3n) is 2.27. The summed E-state index contributed by atoms with van der Waals surface area (Å²) >= 11 is 5.92. The molecule has 0 unspecified atom stereocenters. The summed E-state index contributed by atoms with van der Waals surface area (Å²) in [4.78, 5) is 4.53. The zero-order valence-corrected chi connectivity index (χ0v) is 9.38. The second kappa shape index (κ2) is 4.60. The first-order valence-electron chi connectivity index (χ1n) is 5.05. The van der Waals surface area contributed by atoms with Gasteiger partial charge in [-0.15, -0.1) is 0 Å². The predicted octanol–water partition coefficient (Wildman–Crippen LogP) is 3.00. The summed E-state index contributed by atoms with van der Waals surface area (Å²) in [6.07, 6.45) is 0. The lowest BCUT2D eigenvalue weighted by Crippen LogP contribution is -2.12. The van der Waals surface area contributed by atoms with E-state index in [1.807, 2.05) is 24.3 Å². The molecule has 0 aliphatic carbocycles.